The Hall–Kier alpha value is -2.26. The molecule has 0 spiro atoms. The van der Waals surface area contributed by atoms with Crippen LogP contribution in [0.25, 0.3) is 0 Å². The zero-order valence-electron chi connectivity index (χ0n) is 11.4. The van der Waals surface area contributed by atoms with Crippen LogP contribution in [-0.4, -0.2) is 20.9 Å². The molecule has 2 rings (SSSR count). The van der Waals surface area contributed by atoms with Gasteiger partial charge >= 0.3 is 10.2 Å². The number of amidine groups is 1. The number of hydrogen-bond acceptors (Lipinski definition) is 6. The number of nitrogens with one attached hydrogen (secondary N) is 1. The van der Waals surface area contributed by atoms with E-state index in [4.69, 9.17) is 16.4 Å². The molecular formula is C12H16N4O4S. The highest BCUT2D eigenvalue weighted by molar-refractivity contribution is 7.91. The molecule has 0 fully saturated rings. The van der Waals surface area contributed by atoms with Gasteiger partial charge in [-0.2, -0.15) is 14.3 Å². The average Bonchev–Trinajstić information content (AvgIpc) is 2.41. The summed E-state index contributed by atoms with van der Waals surface area (Å²) in [7, 11) is -3.78. The summed E-state index contributed by atoms with van der Waals surface area (Å²) in [4.78, 5) is 4.52. The van der Waals surface area contributed by atoms with E-state index in [1.54, 1.807) is 31.2 Å². The van der Waals surface area contributed by atoms with Gasteiger partial charge in [0.2, 0.25) is 0 Å². The number of rotatable bonds is 5. The van der Waals surface area contributed by atoms with E-state index in [0.717, 1.165) is 0 Å². The van der Waals surface area contributed by atoms with Crippen molar-refractivity contribution in [3.05, 3.63) is 35.6 Å². The third kappa shape index (κ3) is 3.64. The highest BCUT2D eigenvalue weighted by Gasteiger charge is 2.24. The van der Waals surface area contributed by atoms with Crippen LogP contribution in [0.2, 0.25) is 0 Å². The first-order valence-corrected chi connectivity index (χ1v) is 7.55. The summed E-state index contributed by atoms with van der Waals surface area (Å²) in [5, 5.41) is 0. The maximum atomic E-state index is 11.5. The van der Waals surface area contributed by atoms with Crippen LogP contribution in [0.5, 0.6) is 5.75 Å². The number of nitrogens with two attached hydrogens (primary N) is 2. The van der Waals surface area contributed by atoms with Gasteiger partial charge in [-0.05, 0) is 25.1 Å². The molecule has 1 aromatic rings. The Morgan fingerprint density at radius 1 is 1.48 bits per heavy atom. The Morgan fingerprint density at radius 3 is 2.95 bits per heavy atom. The Kier molecular flexibility index (Phi) is 4.34. The summed E-state index contributed by atoms with van der Waals surface area (Å²) in [6, 6.07) is 4.95. The molecule has 0 saturated heterocycles. The fourth-order valence-electron chi connectivity index (χ4n) is 1.82. The predicted molar refractivity (Wildman–Crippen MR) is 78.9 cm³/mol. The number of hydrogen-bond donors (Lipinski definition) is 3. The molecule has 1 aliphatic rings. The van der Waals surface area contributed by atoms with Crippen molar-refractivity contribution >= 4 is 21.7 Å². The number of anilines is 1. The van der Waals surface area contributed by atoms with Crippen molar-refractivity contribution in [1.82, 2.24) is 0 Å². The molecule has 0 amide bonds. The van der Waals surface area contributed by atoms with Gasteiger partial charge in [-0.1, -0.05) is 6.07 Å². The van der Waals surface area contributed by atoms with Crippen LogP contribution in [0.3, 0.4) is 0 Å². The topological polar surface area (TPSA) is 129 Å². The molecule has 1 heterocycles. The quantitative estimate of drug-likeness (QED) is 0.415. The average molecular weight is 312 g/mol. The van der Waals surface area contributed by atoms with Gasteiger partial charge in [0.05, 0.1) is 17.9 Å². The van der Waals surface area contributed by atoms with E-state index in [9.17, 15) is 8.42 Å². The molecular weight excluding hydrogens is 296 g/mol. The smallest absolute Gasteiger partial charge is 0.344 e. The van der Waals surface area contributed by atoms with Crippen molar-refractivity contribution in [2.75, 3.05) is 11.3 Å². The molecule has 1 aromatic carbocycles. The van der Waals surface area contributed by atoms with Gasteiger partial charge in [0.15, 0.2) is 5.84 Å². The lowest BCUT2D eigenvalue weighted by Gasteiger charge is -2.18. The van der Waals surface area contributed by atoms with Crippen molar-refractivity contribution < 1.29 is 18.0 Å². The van der Waals surface area contributed by atoms with Gasteiger partial charge in [-0.25, -0.2) is 0 Å². The second-order valence-corrected chi connectivity index (χ2v) is 5.64. The summed E-state index contributed by atoms with van der Waals surface area (Å²) < 4.78 is 34.2. The molecule has 114 valence electrons. The lowest BCUT2D eigenvalue weighted by molar-refractivity contribution is 0.220. The molecule has 8 nitrogen and oxygen atoms in total. The van der Waals surface area contributed by atoms with Crippen LogP contribution in [0.1, 0.15) is 18.9 Å². The van der Waals surface area contributed by atoms with Crippen molar-refractivity contribution in [2.45, 2.75) is 13.3 Å². The van der Waals surface area contributed by atoms with E-state index in [1.807, 2.05) is 0 Å². The molecule has 5 N–H and O–H groups in total. The molecule has 1 aliphatic heterocycles. The van der Waals surface area contributed by atoms with Crippen LogP contribution in [0.4, 0.5) is 5.69 Å². The van der Waals surface area contributed by atoms with E-state index >= 15 is 0 Å². The summed E-state index contributed by atoms with van der Waals surface area (Å²) in [5.74, 6) is 5.93. The van der Waals surface area contributed by atoms with E-state index in [-0.39, 0.29) is 5.84 Å². The number of fused-ring (bicyclic) bond motifs is 1. The van der Waals surface area contributed by atoms with E-state index in [2.05, 4.69) is 14.0 Å². The van der Waals surface area contributed by atoms with E-state index in [0.29, 0.717) is 35.8 Å². The maximum Gasteiger partial charge on any atom is 0.344 e. The first kappa shape index (κ1) is 15.1. The molecule has 0 radical (unpaired) electrons. The van der Waals surface area contributed by atoms with Gasteiger partial charge in [0.25, 0.3) is 0 Å². The van der Waals surface area contributed by atoms with Gasteiger partial charge in [0.1, 0.15) is 11.5 Å². The van der Waals surface area contributed by atoms with E-state index < -0.39 is 10.2 Å². The Morgan fingerprint density at radius 2 is 2.24 bits per heavy atom. The number of ether oxygens (including phenoxy) is 1. The number of nitrogens with zero attached hydrogens (tertiary/aromatic N) is 1. The first-order chi connectivity index (χ1) is 9.93. The zero-order valence-corrected chi connectivity index (χ0v) is 12.2. The third-order valence-electron chi connectivity index (χ3n) is 2.73. The highest BCUT2D eigenvalue weighted by atomic mass is 32.2. The SMILES string of the molecule is CC(=CCCOc1cccc2c1C(N)=NS(=O)(=O)N2)ON. The van der Waals surface area contributed by atoms with Crippen molar-refractivity contribution in [3.63, 3.8) is 0 Å². The monoisotopic (exact) mass is 312 g/mol. The molecule has 0 saturated carbocycles. The summed E-state index contributed by atoms with van der Waals surface area (Å²) in [6.45, 7) is 2.08. The Bertz CT molecular complexity index is 697. The fourth-order valence-corrected chi connectivity index (χ4v) is 2.66. The number of benzene rings is 1. The largest absolute Gasteiger partial charge is 0.492 e. The maximum absolute atomic E-state index is 11.5. The van der Waals surface area contributed by atoms with Crippen LogP contribution >= 0.6 is 0 Å². The van der Waals surface area contributed by atoms with Crippen molar-refractivity contribution in [3.8, 4) is 5.75 Å². The second kappa shape index (κ2) is 6.02. The standard InChI is InChI=1S/C12H16N4O4S/c1-8(20-14)4-3-7-19-10-6-2-5-9-11(10)12(13)16-21(17,18)15-9/h2,4-6,15H,3,7,14H2,1H3,(H2,13,16). The molecule has 0 atom stereocenters. The molecule has 9 heteroatoms. The number of allylic oxidation sites excluding steroid dienone is 1. The lowest BCUT2D eigenvalue weighted by atomic mass is 10.1. The third-order valence-corrected chi connectivity index (χ3v) is 3.65. The predicted octanol–water partition coefficient (Wildman–Crippen LogP) is 0.625. The van der Waals surface area contributed by atoms with Crippen LogP contribution < -0.4 is 21.1 Å². The summed E-state index contributed by atoms with van der Waals surface area (Å²) in [6.07, 6.45) is 2.35. The second-order valence-electron chi connectivity index (χ2n) is 4.30. The van der Waals surface area contributed by atoms with Gasteiger partial charge in [0, 0.05) is 6.42 Å². The molecule has 0 bridgehead atoms. The summed E-state index contributed by atoms with van der Waals surface area (Å²) in [5.41, 5.74) is 6.48. The normalized spacial score (nSPS) is 16.5. The van der Waals surface area contributed by atoms with E-state index in [1.165, 1.54) is 0 Å². The van der Waals surface area contributed by atoms with Crippen LogP contribution in [0, 0.1) is 0 Å². The van der Waals surface area contributed by atoms with Crippen molar-refractivity contribution in [1.29, 1.82) is 0 Å². The van der Waals surface area contributed by atoms with Crippen LogP contribution in [0.15, 0.2) is 34.4 Å². The van der Waals surface area contributed by atoms with Crippen molar-refractivity contribution in [2.24, 2.45) is 16.0 Å². The fraction of sp³-hybridized carbons (Fsp3) is 0.250. The highest BCUT2D eigenvalue weighted by Crippen LogP contribution is 2.30. The Balaban J connectivity index is 2.17. The Labute approximate surface area is 122 Å². The van der Waals surface area contributed by atoms with Gasteiger partial charge in [-0.3, -0.25) is 4.72 Å². The van der Waals surface area contributed by atoms with Gasteiger partial charge < -0.3 is 15.3 Å². The van der Waals surface area contributed by atoms with Crippen LogP contribution in [-0.2, 0) is 15.0 Å². The minimum atomic E-state index is -3.78. The first-order valence-electron chi connectivity index (χ1n) is 6.11. The lowest BCUT2D eigenvalue weighted by Crippen LogP contribution is -2.27. The zero-order chi connectivity index (χ0) is 15.5. The molecule has 0 aromatic heterocycles. The molecule has 0 unspecified atom stereocenters. The molecule has 21 heavy (non-hydrogen) atoms. The minimum absolute atomic E-state index is 0.101. The van der Waals surface area contributed by atoms with Gasteiger partial charge in [-0.15, -0.1) is 4.40 Å². The minimum Gasteiger partial charge on any atom is -0.492 e. The summed E-state index contributed by atoms with van der Waals surface area (Å²) >= 11 is 0. The molecule has 0 aliphatic carbocycles.